The van der Waals surface area contributed by atoms with Crippen molar-refractivity contribution >= 4 is 11.6 Å². The van der Waals surface area contributed by atoms with Crippen molar-refractivity contribution < 1.29 is 18.0 Å². The van der Waals surface area contributed by atoms with Crippen LogP contribution in [-0.4, -0.2) is 11.9 Å². The van der Waals surface area contributed by atoms with E-state index >= 15 is 0 Å². The number of hydrogen-bond acceptors (Lipinski definition) is 3. The second kappa shape index (κ2) is 5.93. The van der Waals surface area contributed by atoms with Crippen LogP contribution < -0.4 is 16.6 Å². The third-order valence-corrected chi connectivity index (χ3v) is 3.66. The highest BCUT2D eigenvalue weighted by atomic mass is 19.4. The summed E-state index contributed by atoms with van der Waals surface area (Å²) in [4.78, 5) is 12.1. The van der Waals surface area contributed by atoms with E-state index in [4.69, 9.17) is 5.84 Å². The number of nitrogens with one attached hydrogen (secondary N) is 2. The average Bonchev–Trinajstić information content (AvgIpc) is 3.15. The van der Waals surface area contributed by atoms with Crippen LogP contribution in [-0.2, 0) is 6.18 Å². The molecule has 0 radical (unpaired) electrons. The molecular formula is C14H18F3N3O. The minimum absolute atomic E-state index is 0.0533. The quantitative estimate of drug-likeness (QED) is 0.578. The molecule has 4 nitrogen and oxygen atoms in total. The van der Waals surface area contributed by atoms with Gasteiger partial charge in [-0.2, -0.15) is 13.2 Å². The Bertz CT molecular complexity index is 531. The second-order valence-electron chi connectivity index (χ2n) is 5.23. The molecule has 1 aliphatic rings. The van der Waals surface area contributed by atoms with Gasteiger partial charge in [0.15, 0.2) is 0 Å². The molecule has 0 bridgehead atoms. The van der Waals surface area contributed by atoms with Crippen LogP contribution in [0.1, 0.15) is 42.1 Å². The first-order valence-electron chi connectivity index (χ1n) is 6.86. The second-order valence-corrected chi connectivity index (χ2v) is 5.23. The first-order chi connectivity index (χ1) is 9.88. The number of nitrogens with two attached hydrogens (primary N) is 1. The fourth-order valence-electron chi connectivity index (χ4n) is 2.49. The molecule has 2 rings (SSSR count). The summed E-state index contributed by atoms with van der Waals surface area (Å²) in [6.07, 6.45) is -1.65. The molecule has 1 aromatic carbocycles. The highest BCUT2D eigenvalue weighted by Crippen LogP contribution is 2.37. The number of benzene rings is 1. The Morgan fingerprint density at radius 2 is 2.14 bits per heavy atom. The van der Waals surface area contributed by atoms with Crippen molar-refractivity contribution in [3.05, 3.63) is 29.3 Å². The Hall–Kier alpha value is -1.76. The molecule has 0 heterocycles. The van der Waals surface area contributed by atoms with Crippen LogP contribution in [0.4, 0.5) is 18.9 Å². The van der Waals surface area contributed by atoms with Gasteiger partial charge in [0, 0.05) is 6.04 Å². The van der Waals surface area contributed by atoms with Gasteiger partial charge in [0.25, 0.3) is 5.91 Å². The van der Waals surface area contributed by atoms with Crippen molar-refractivity contribution in [1.29, 1.82) is 0 Å². The fourth-order valence-corrected chi connectivity index (χ4v) is 2.49. The molecule has 0 saturated heterocycles. The van der Waals surface area contributed by atoms with Crippen LogP contribution in [0.25, 0.3) is 0 Å². The zero-order chi connectivity index (χ0) is 15.6. The Balaban J connectivity index is 2.18. The summed E-state index contributed by atoms with van der Waals surface area (Å²) < 4.78 is 38.7. The third kappa shape index (κ3) is 3.47. The molecule has 4 N–H and O–H groups in total. The molecule has 21 heavy (non-hydrogen) atoms. The van der Waals surface area contributed by atoms with Crippen molar-refractivity contribution in [2.75, 3.05) is 5.43 Å². The number of carbonyl (C=O) groups is 1. The number of para-hydroxylation sites is 1. The molecule has 1 aromatic rings. The summed E-state index contributed by atoms with van der Waals surface area (Å²) in [6.45, 7) is 2.06. The largest absolute Gasteiger partial charge is 0.418 e. The van der Waals surface area contributed by atoms with Gasteiger partial charge < -0.3 is 10.7 Å². The fraction of sp³-hybridized carbons (Fsp3) is 0.500. The van der Waals surface area contributed by atoms with Crippen LogP contribution >= 0.6 is 0 Å². The van der Waals surface area contributed by atoms with Gasteiger partial charge in [-0.3, -0.25) is 10.6 Å². The molecule has 1 amide bonds. The topological polar surface area (TPSA) is 67.2 Å². The molecule has 1 fully saturated rings. The van der Waals surface area contributed by atoms with E-state index in [9.17, 15) is 18.0 Å². The van der Waals surface area contributed by atoms with Crippen molar-refractivity contribution in [3.8, 4) is 0 Å². The van der Waals surface area contributed by atoms with Crippen molar-refractivity contribution in [3.63, 3.8) is 0 Å². The van der Waals surface area contributed by atoms with E-state index in [1.165, 1.54) is 12.1 Å². The number of hydrazine groups is 1. The number of hydrogen-bond donors (Lipinski definition) is 3. The van der Waals surface area contributed by atoms with Crippen molar-refractivity contribution in [2.24, 2.45) is 11.8 Å². The predicted molar refractivity (Wildman–Crippen MR) is 73.5 cm³/mol. The molecule has 0 spiro atoms. The summed E-state index contributed by atoms with van der Waals surface area (Å²) in [5.41, 5.74) is 0.573. The lowest BCUT2D eigenvalue weighted by Crippen LogP contribution is -2.29. The molecular weight excluding hydrogens is 283 g/mol. The van der Waals surface area contributed by atoms with Gasteiger partial charge in [-0.25, -0.2) is 0 Å². The lowest BCUT2D eigenvalue weighted by molar-refractivity contribution is -0.137. The third-order valence-electron chi connectivity index (χ3n) is 3.66. The minimum Gasteiger partial charge on any atom is -0.349 e. The van der Waals surface area contributed by atoms with Gasteiger partial charge in [0.2, 0.25) is 0 Å². The molecule has 1 saturated carbocycles. The maximum absolute atomic E-state index is 12.9. The van der Waals surface area contributed by atoms with E-state index in [2.05, 4.69) is 12.2 Å². The van der Waals surface area contributed by atoms with Crippen LogP contribution in [0, 0.1) is 5.92 Å². The standard InChI is InChI=1S/C14H18F3N3O/c1-2-4-8-7-11(8)19-13(21)9-5-3-6-10(12(9)20-18)14(15,16)17/h3,5-6,8,11,20H,2,4,7,18H2,1H3,(H,19,21). The zero-order valence-electron chi connectivity index (χ0n) is 11.6. The SMILES string of the molecule is CCCC1CC1NC(=O)c1cccc(C(F)(F)F)c1NN. The first-order valence-corrected chi connectivity index (χ1v) is 6.86. The smallest absolute Gasteiger partial charge is 0.349 e. The highest BCUT2D eigenvalue weighted by molar-refractivity contribution is 6.00. The minimum atomic E-state index is -4.57. The number of rotatable bonds is 5. The number of alkyl halides is 3. The van der Waals surface area contributed by atoms with E-state index in [0.717, 1.165) is 25.3 Å². The van der Waals surface area contributed by atoms with Gasteiger partial charge in [-0.15, -0.1) is 0 Å². The van der Waals surface area contributed by atoms with Crippen LogP contribution in [0.15, 0.2) is 18.2 Å². The lowest BCUT2D eigenvalue weighted by atomic mass is 10.1. The Kier molecular flexibility index (Phi) is 4.41. The number of carbonyl (C=O) groups excluding carboxylic acids is 1. The average molecular weight is 301 g/mol. The first kappa shape index (κ1) is 15.6. The Labute approximate surface area is 120 Å². The Morgan fingerprint density at radius 1 is 1.43 bits per heavy atom. The normalized spacial score (nSPS) is 21.0. The van der Waals surface area contributed by atoms with E-state index < -0.39 is 23.3 Å². The number of anilines is 1. The molecule has 2 atom stereocenters. The van der Waals surface area contributed by atoms with E-state index in [1.807, 2.05) is 5.43 Å². The van der Waals surface area contributed by atoms with Crippen molar-refractivity contribution in [1.82, 2.24) is 5.32 Å². The summed E-state index contributed by atoms with van der Waals surface area (Å²) in [6, 6.07) is 3.48. The van der Waals surface area contributed by atoms with Gasteiger partial charge in [-0.1, -0.05) is 19.4 Å². The number of halogens is 3. The number of amides is 1. The lowest BCUT2D eigenvalue weighted by Gasteiger charge is -2.16. The summed E-state index contributed by atoms with van der Waals surface area (Å²) >= 11 is 0. The predicted octanol–water partition coefficient (Wildman–Crippen LogP) is 2.91. The highest BCUT2D eigenvalue weighted by Gasteiger charge is 2.39. The van der Waals surface area contributed by atoms with Gasteiger partial charge in [-0.05, 0) is 30.9 Å². The number of nitrogen functional groups attached to an aromatic ring is 1. The summed E-state index contributed by atoms with van der Waals surface area (Å²) in [5.74, 6) is 5.08. The zero-order valence-corrected chi connectivity index (χ0v) is 11.6. The van der Waals surface area contributed by atoms with Crippen LogP contribution in [0.2, 0.25) is 0 Å². The van der Waals surface area contributed by atoms with Gasteiger partial charge in [0.1, 0.15) is 0 Å². The molecule has 2 unspecified atom stereocenters. The van der Waals surface area contributed by atoms with E-state index in [0.29, 0.717) is 5.92 Å². The molecule has 1 aliphatic carbocycles. The monoisotopic (exact) mass is 301 g/mol. The Morgan fingerprint density at radius 3 is 2.71 bits per heavy atom. The molecule has 0 aliphatic heterocycles. The molecule has 0 aromatic heterocycles. The van der Waals surface area contributed by atoms with Crippen LogP contribution in [0.3, 0.4) is 0 Å². The maximum Gasteiger partial charge on any atom is 0.418 e. The van der Waals surface area contributed by atoms with E-state index in [-0.39, 0.29) is 11.6 Å². The van der Waals surface area contributed by atoms with Crippen molar-refractivity contribution in [2.45, 2.75) is 38.4 Å². The van der Waals surface area contributed by atoms with E-state index in [1.54, 1.807) is 0 Å². The summed E-state index contributed by atoms with van der Waals surface area (Å²) in [7, 11) is 0. The molecule has 116 valence electrons. The van der Waals surface area contributed by atoms with Gasteiger partial charge >= 0.3 is 6.18 Å². The van der Waals surface area contributed by atoms with Crippen LogP contribution in [0.5, 0.6) is 0 Å². The maximum atomic E-state index is 12.9. The summed E-state index contributed by atoms with van der Waals surface area (Å²) in [5, 5.41) is 2.76. The molecule has 7 heteroatoms. The van der Waals surface area contributed by atoms with Gasteiger partial charge in [0.05, 0.1) is 16.8 Å².